The fraction of sp³-hybridized carbons (Fsp3) is 0.241. The van der Waals surface area contributed by atoms with Crippen molar-refractivity contribution in [1.82, 2.24) is 15.4 Å². The van der Waals surface area contributed by atoms with Crippen LogP contribution in [0.4, 0.5) is 0 Å². The monoisotopic (exact) mass is 499 g/mol. The van der Waals surface area contributed by atoms with Crippen molar-refractivity contribution in [2.24, 2.45) is 0 Å². The van der Waals surface area contributed by atoms with Gasteiger partial charge in [0.1, 0.15) is 5.75 Å². The maximum absolute atomic E-state index is 12.7. The average molecular weight is 500 g/mol. The third-order valence-electron chi connectivity index (χ3n) is 6.19. The zero-order valence-corrected chi connectivity index (χ0v) is 20.7. The van der Waals surface area contributed by atoms with Crippen LogP contribution in [0.2, 0.25) is 0 Å². The minimum Gasteiger partial charge on any atom is -0.497 e. The Labute approximate surface area is 215 Å². The number of nitrogens with zero attached hydrogens (tertiary/aromatic N) is 2. The summed E-state index contributed by atoms with van der Waals surface area (Å²) in [5.74, 6) is 2.56. The maximum atomic E-state index is 12.7. The van der Waals surface area contributed by atoms with Gasteiger partial charge in [-0.15, -0.1) is 0 Å². The molecule has 1 N–H and O–H groups in total. The molecule has 0 bridgehead atoms. The fourth-order valence-corrected chi connectivity index (χ4v) is 4.17. The Hall–Kier alpha value is -4.30. The molecule has 0 saturated carbocycles. The van der Waals surface area contributed by atoms with E-state index in [9.17, 15) is 4.79 Å². The van der Waals surface area contributed by atoms with Crippen LogP contribution in [0.3, 0.4) is 0 Å². The molecule has 0 atom stereocenters. The lowest BCUT2D eigenvalue weighted by Crippen LogP contribution is -2.25. The van der Waals surface area contributed by atoms with Gasteiger partial charge in [0.05, 0.1) is 13.7 Å². The molecule has 0 radical (unpaired) electrons. The Morgan fingerprint density at radius 3 is 2.51 bits per heavy atom. The van der Waals surface area contributed by atoms with Crippen molar-refractivity contribution >= 4 is 5.91 Å². The number of hydrogen-bond donors (Lipinski definition) is 1. The van der Waals surface area contributed by atoms with Gasteiger partial charge in [-0.3, -0.25) is 9.69 Å². The van der Waals surface area contributed by atoms with Gasteiger partial charge in [-0.05, 0) is 47.4 Å². The van der Waals surface area contributed by atoms with E-state index >= 15 is 0 Å². The van der Waals surface area contributed by atoms with Crippen molar-refractivity contribution in [3.63, 3.8) is 0 Å². The van der Waals surface area contributed by atoms with E-state index in [1.54, 1.807) is 13.2 Å². The predicted molar refractivity (Wildman–Crippen MR) is 137 cm³/mol. The molecule has 0 aliphatic carbocycles. The summed E-state index contributed by atoms with van der Waals surface area (Å²) in [7, 11) is 1.66. The molecule has 1 aromatic heterocycles. The summed E-state index contributed by atoms with van der Waals surface area (Å²) < 4.78 is 21.6. The van der Waals surface area contributed by atoms with Crippen LogP contribution in [0.25, 0.3) is 0 Å². The highest BCUT2D eigenvalue weighted by atomic mass is 16.7. The summed E-state index contributed by atoms with van der Waals surface area (Å²) in [5, 5.41) is 6.90. The number of amides is 1. The van der Waals surface area contributed by atoms with Crippen molar-refractivity contribution in [1.29, 1.82) is 0 Å². The number of rotatable bonds is 11. The number of fused-ring (bicyclic) bond motifs is 1. The van der Waals surface area contributed by atoms with Crippen molar-refractivity contribution < 1.29 is 23.5 Å². The molecule has 4 aromatic rings. The number of aromatic nitrogens is 1. The zero-order valence-electron chi connectivity index (χ0n) is 20.7. The van der Waals surface area contributed by atoms with Gasteiger partial charge >= 0.3 is 0 Å². The first-order valence-electron chi connectivity index (χ1n) is 12.2. The molecule has 1 aliphatic rings. The number of carbonyl (C=O) groups excluding carboxylic acids is 1. The van der Waals surface area contributed by atoms with Crippen LogP contribution in [0.5, 0.6) is 17.2 Å². The standard InChI is InChI=1S/C29H29N3O5/c1-34-24-10-7-22(8-11-24)18-32(14-13-21-5-3-2-4-6-21)19-25-16-26(31-37-25)29(33)30-17-23-9-12-27-28(15-23)36-20-35-27/h2-12,15-16H,13-14,17-20H2,1H3,(H,30,33). The Kier molecular flexibility index (Phi) is 7.66. The van der Waals surface area contributed by atoms with E-state index in [0.717, 1.165) is 36.4 Å². The lowest BCUT2D eigenvalue weighted by Gasteiger charge is -2.21. The molecule has 0 unspecified atom stereocenters. The maximum Gasteiger partial charge on any atom is 0.273 e. The van der Waals surface area contributed by atoms with E-state index in [-0.39, 0.29) is 18.4 Å². The van der Waals surface area contributed by atoms with Gasteiger partial charge in [0, 0.05) is 25.7 Å². The quantitative estimate of drug-likeness (QED) is 0.323. The van der Waals surface area contributed by atoms with E-state index in [1.807, 2.05) is 48.5 Å². The topological polar surface area (TPSA) is 86.1 Å². The molecular formula is C29H29N3O5. The first-order chi connectivity index (χ1) is 18.2. The molecule has 8 heteroatoms. The van der Waals surface area contributed by atoms with Gasteiger partial charge in [0.2, 0.25) is 6.79 Å². The van der Waals surface area contributed by atoms with E-state index < -0.39 is 0 Å². The third-order valence-corrected chi connectivity index (χ3v) is 6.19. The van der Waals surface area contributed by atoms with Crippen molar-refractivity contribution in [3.05, 3.63) is 107 Å². The van der Waals surface area contributed by atoms with Gasteiger partial charge < -0.3 is 24.1 Å². The van der Waals surface area contributed by atoms with Gasteiger partial charge in [-0.2, -0.15) is 0 Å². The number of nitrogens with one attached hydrogen (secondary N) is 1. The van der Waals surface area contributed by atoms with Crippen LogP contribution in [0.15, 0.2) is 83.4 Å². The van der Waals surface area contributed by atoms with Crippen molar-refractivity contribution in [2.75, 3.05) is 20.4 Å². The first kappa shape index (κ1) is 24.4. The lowest BCUT2D eigenvalue weighted by atomic mass is 10.1. The van der Waals surface area contributed by atoms with Crippen molar-refractivity contribution in [3.8, 4) is 17.2 Å². The number of carbonyl (C=O) groups is 1. The number of ether oxygens (including phenoxy) is 3. The minimum absolute atomic E-state index is 0.216. The average Bonchev–Trinajstić information content (AvgIpc) is 3.61. The second-order valence-electron chi connectivity index (χ2n) is 8.84. The molecule has 8 nitrogen and oxygen atoms in total. The van der Waals surface area contributed by atoms with Crippen LogP contribution in [-0.4, -0.2) is 36.4 Å². The van der Waals surface area contributed by atoms with Crippen molar-refractivity contribution in [2.45, 2.75) is 26.1 Å². The predicted octanol–water partition coefficient (Wildman–Crippen LogP) is 4.59. The normalized spacial score (nSPS) is 12.1. The molecule has 1 amide bonds. The largest absolute Gasteiger partial charge is 0.497 e. The van der Waals surface area contributed by atoms with Crippen LogP contribution < -0.4 is 19.5 Å². The minimum atomic E-state index is -0.293. The molecular weight excluding hydrogens is 470 g/mol. The van der Waals surface area contributed by atoms with Gasteiger partial charge in [-0.1, -0.05) is 53.7 Å². The third kappa shape index (κ3) is 6.48. The van der Waals surface area contributed by atoms with Crippen LogP contribution in [0.1, 0.15) is 32.9 Å². The highest BCUT2D eigenvalue weighted by molar-refractivity contribution is 5.92. The van der Waals surface area contributed by atoms with Crippen LogP contribution in [-0.2, 0) is 26.1 Å². The number of benzene rings is 3. The summed E-state index contributed by atoms with van der Waals surface area (Å²) in [6.45, 7) is 2.64. The molecule has 190 valence electrons. The second-order valence-corrected chi connectivity index (χ2v) is 8.84. The number of methoxy groups -OCH3 is 1. The smallest absolute Gasteiger partial charge is 0.273 e. The Balaban J connectivity index is 1.21. The molecule has 37 heavy (non-hydrogen) atoms. The summed E-state index contributed by atoms with van der Waals surface area (Å²) in [6, 6.07) is 25.7. The van der Waals surface area contributed by atoms with E-state index in [2.05, 4.69) is 39.6 Å². The molecule has 0 fully saturated rings. The number of hydrogen-bond acceptors (Lipinski definition) is 7. The summed E-state index contributed by atoms with van der Waals surface area (Å²) >= 11 is 0. The fourth-order valence-electron chi connectivity index (χ4n) is 4.17. The lowest BCUT2D eigenvalue weighted by molar-refractivity contribution is 0.0941. The second kappa shape index (κ2) is 11.6. The SMILES string of the molecule is COc1ccc(CN(CCc2ccccc2)Cc2cc(C(=O)NCc3ccc4c(c3)OCO4)no2)cc1. The molecule has 0 saturated heterocycles. The van der Waals surface area contributed by atoms with E-state index in [1.165, 1.54) is 5.56 Å². The van der Waals surface area contributed by atoms with Gasteiger partial charge in [0.15, 0.2) is 23.0 Å². The van der Waals surface area contributed by atoms with E-state index in [4.69, 9.17) is 18.7 Å². The molecule has 0 spiro atoms. The Morgan fingerprint density at radius 1 is 0.919 bits per heavy atom. The zero-order chi connectivity index (χ0) is 25.5. The first-order valence-corrected chi connectivity index (χ1v) is 12.2. The molecule has 2 heterocycles. The summed E-state index contributed by atoms with van der Waals surface area (Å²) in [5.41, 5.74) is 3.59. The van der Waals surface area contributed by atoms with Gasteiger partial charge in [0.25, 0.3) is 5.91 Å². The molecule has 5 rings (SSSR count). The molecule has 3 aromatic carbocycles. The van der Waals surface area contributed by atoms with Crippen LogP contribution in [0, 0.1) is 0 Å². The van der Waals surface area contributed by atoms with Gasteiger partial charge in [-0.25, -0.2) is 0 Å². The highest BCUT2D eigenvalue weighted by Crippen LogP contribution is 2.32. The summed E-state index contributed by atoms with van der Waals surface area (Å²) in [6.07, 6.45) is 0.897. The highest BCUT2D eigenvalue weighted by Gasteiger charge is 2.17. The Bertz CT molecular complexity index is 1320. The summed E-state index contributed by atoms with van der Waals surface area (Å²) in [4.78, 5) is 15.0. The van der Waals surface area contributed by atoms with Crippen LogP contribution >= 0.6 is 0 Å². The Morgan fingerprint density at radius 2 is 1.70 bits per heavy atom. The van der Waals surface area contributed by atoms with E-state index in [0.29, 0.717) is 30.3 Å². The molecule has 1 aliphatic heterocycles.